The summed E-state index contributed by atoms with van der Waals surface area (Å²) in [5.74, 6) is -4.47. The molecule has 3 aromatic heterocycles. The molecule has 6 aliphatic heterocycles. The summed E-state index contributed by atoms with van der Waals surface area (Å²) >= 11 is 4.75. The summed E-state index contributed by atoms with van der Waals surface area (Å²) in [7, 11) is 0. The van der Waals surface area contributed by atoms with Crippen LogP contribution in [0.1, 0.15) is 252 Å². The summed E-state index contributed by atoms with van der Waals surface area (Å²) in [6, 6.07) is 5.65. The molecule has 0 spiro atoms. The van der Waals surface area contributed by atoms with E-state index in [1.54, 1.807) is 95.5 Å². The average molecular weight is 1560 g/mol. The van der Waals surface area contributed by atoms with Gasteiger partial charge in [-0.05, 0) is 159 Å². The number of epoxide rings is 3. The van der Waals surface area contributed by atoms with Gasteiger partial charge in [0.2, 0.25) is 5.91 Å². The van der Waals surface area contributed by atoms with Gasteiger partial charge in [-0.1, -0.05) is 108 Å². The van der Waals surface area contributed by atoms with Crippen molar-refractivity contribution < 1.29 is 83.1 Å². The number of carbonyl (C=O) groups excluding carboxylic acids is 6. The molecule has 24 heteroatoms. The second-order valence-electron chi connectivity index (χ2n) is 34.6. The number of Topliss-reactive ketones (excluding diaryl/α,β-unsaturated/α-hetero) is 3. The van der Waals surface area contributed by atoms with E-state index in [4.69, 9.17) is 23.7 Å². The van der Waals surface area contributed by atoms with Crippen molar-refractivity contribution >= 4 is 91.6 Å². The number of hydrogen-bond acceptors (Lipinski definition) is 23. The number of aromatic nitrogens is 3. The molecule has 6 saturated heterocycles. The smallest absolute Gasteiger partial charge is 0.309 e. The maximum absolute atomic E-state index is 13.6. The van der Waals surface area contributed by atoms with Crippen molar-refractivity contribution in [1.29, 1.82) is 0 Å². The van der Waals surface area contributed by atoms with Gasteiger partial charge in [-0.15, -0.1) is 40.6 Å². The van der Waals surface area contributed by atoms with Gasteiger partial charge in [0.25, 0.3) is 0 Å². The molecule has 0 unspecified atom stereocenters. The molecule has 0 radical (unpaired) electrons. The number of ether oxygens (including phenoxy) is 5. The summed E-state index contributed by atoms with van der Waals surface area (Å²) < 4.78 is 31.2. The number of ketones is 3. The molecule has 600 valence electrons. The number of aliphatic hydroxyl groups excluding tert-OH is 6. The van der Waals surface area contributed by atoms with Gasteiger partial charge in [-0.3, -0.25) is 28.8 Å². The second kappa shape index (κ2) is 36.2. The van der Waals surface area contributed by atoms with Gasteiger partial charge in [-0.25, -0.2) is 15.0 Å². The Morgan fingerprint density at radius 1 is 0.556 bits per heavy atom. The van der Waals surface area contributed by atoms with Crippen molar-refractivity contribution in [3.8, 4) is 0 Å². The molecule has 0 aliphatic carbocycles. The number of nitrogens with one attached hydrogen (secondary N) is 1. The molecule has 1 amide bonds. The molecule has 0 saturated carbocycles. The number of aliphatic hydroxyl groups is 6. The van der Waals surface area contributed by atoms with E-state index in [9.17, 15) is 59.4 Å². The van der Waals surface area contributed by atoms with E-state index in [0.717, 1.165) is 111 Å². The molecule has 21 nitrogen and oxygen atoms in total. The molecular weight excluding hydrogens is 1430 g/mol. The second-order valence-corrected chi connectivity index (χ2v) is 37.9. The lowest BCUT2D eigenvalue weighted by atomic mass is 9.71. The Bertz CT molecular complexity index is 3720. The lowest BCUT2D eigenvalue weighted by Gasteiger charge is -2.35. The highest BCUT2D eigenvalue weighted by Gasteiger charge is 2.56. The summed E-state index contributed by atoms with van der Waals surface area (Å²) in [5.41, 5.74) is 0.704. The summed E-state index contributed by atoms with van der Waals surface area (Å²) in [6.07, 6.45) is 6.69. The van der Waals surface area contributed by atoms with Crippen molar-refractivity contribution in [2.75, 3.05) is 0 Å². The number of benzene rings is 1. The monoisotopic (exact) mass is 1560 g/mol. The number of nitrogens with zero attached hydrogens (tertiary/aromatic N) is 3. The minimum Gasteiger partial charge on any atom is -0.458 e. The summed E-state index contributed by atoms with van der Waals surface area (Å²) in [6.45, 7) is 38.9. The third kappa shape index (κ3) is 22.1. The van der Waals surface area contributed by atoms with Crippen LogP contribution in [-0.2, 0) is 52.5 Å². The largest absolute Gasteiger partial charge is 0.458 e. The first-order valence-corrected chi connectivity index (χ1v) is 41.5. The predicted octanol–water partition coefficient (Wildman–Crippen LogP) is 14.0. The predicted molar refractivity (Wildman–Crippen MR) is 422 cm³/mol. The zero-order valence-electron chi connectivity index (χ0n) is 67.3. The average Bonchev–Trinajstić information content (AvgIpc) is 1.61. The van der Waals surface area contributed by atoms with Crippen LogP contribution in [0.3, 0.4) is 0 Å². The van der Waals surface area contributed by atoms with Crippen LogP contribution in [0.5, 0.6) is 0 Å². The number of esters is 2. The van der Waals surface area contributed by atoms with Crippen LogP contribution in [0.4, 0.5) is 0 Å². The molecule has 108 heavy (non-hydrogen) atoms. The van der Waals surface area contributed by atoms with Gasteiger partial charge >= 0.3 is 11.9 Å². The van der Waals surface area contributed by atoms with E-state index in [-0.39, 0.29) is 101 Å². The molecule has 21 atom stereocenters. The van der Waals surface area contributed by atoms with Crippen LogP contribution in [0, 0.1) is 72.5 Å². The maximum Gasteiger partial charge on any atom is 0.309 e. The summed E-state index contributed by atoms with van der Waals surface area (Å²) in [4.78, 5) is 92.7. The maximum atomic E-state index is 13.6. The van der Waals surface area contributed by atoms with Crippen LogP contribution < -0.4 is 5.32 Å². The van der Waals surface area contributed by atoms with Crippen molar-refractivity contribution in [3.63, 3.8) is 0 Å². The fraction of sp³-hybridized carbons (Fsp3) is 0.702. The molecule has 10 rings (SSSR count). The Hall–Kier alpha value is -5.35. The highest BCUT2D eigenvalue weighted by Crippen LogP contribution is 2.49. The lowest BCUT2D eigenvalue weighted by molar-refractivity contribution is -0.157. The number of aryl methyl sites for hydroxylation is 3. The van der Waals surface area contributed by atoms with E-state index in [1.807, 2.05) is 96.5 Å². The standard InChI is InChI=1S/C30H41NO6S.C27H42N2O5S.C27H41NO6S/c1-7-9-20-27(34)17(2)10-8-13-30(6)25(37-30)15-22(19-11-12-23-21(14-19)31-18(3)38-23)36-26(33)16-24(32)29(4,5)28(20)35;1-15-9-8-10-27(7)22(34-27)12-20(16(2)11-19-14-35-18(4)28-19)29-23(31)13-21(30)26(5,6)25(33)17(3)24(15)32;1-15-9-8-10-27(7)22(34-27)12-20(16(2)11-19-14-35-18(4)28-19)33-23(30)13-21(29)26(5,6)25(32)17(3)24(15)31/h7,11-12,14,17,20,22,24-25,27,32,34H,1,8-10,13,15-16H2,2-6H3;11,14-15,17,20-22,24,30,32H,8-10,12-13H2,1-7H3,(H,29,31);11,14-15,17,20-22,24,29,31H,8-10,12-13H2,1-7H3/b;2*16-11+/t17-,20+,22-,24-,25-,27-,30+;2*15-,17+,20-,21-,22-,24-,27+/m000/s1. The van der Waals surface area contributed by atoms with E-state index in [1.165, 1.54) is 0 Å². The first kappa shape index (κ1) is 88.2. The van der Waals surface area contributed by atoms with Crippen LogP contribution in [0.15, 0.2) is 52.8 Å². The first-order valence-electron chi connectivity index (χ1n) is 39.0. The Morgan fingerprint density at radius 3 is 1.46 bits per heavy atom. The van der Waals surface area contributed by atoms with E-state index in [2.05, 4.69) is 47.6 Å². The number of amides is 1. The fourth-order valence-electron chi connectivity index (χ4n) is 16.0. The van der Waals surface area contributed by atoms with Gasteiger partial charge in [-0.2, -0.15) is 0 Å². The number of rotatable bonds is 7. The SMILES string of the molecule is C/C(=C\c1csc(C)n1)[C@@H]1C[C@@H]2O[C@]2(C)CCC[C@H](C)[C@H](O)[C@@H](C)C(=O)C(C)(C)[C@@H](O)CC(=O)N1.C/C(=C\c1csc(C)n1)[C@@H]1C[C@@H]2O[C@]2(C)CCC[C@H](C)[C@H](O)[C@@H](C)C(=O)C(C)(C)[C@@H](O)CC(=O)O1.C=CC[C@H]1C(=O)C(C)(C)[C@@H](O)CC(=O)O[C@H](c2ccc3sc(C)nc3c2)C[C@@H]2O[C@]2(C)CCC[C@H](C)[C@@H]1O. The third-order valence-electron chi connectivity index (χ3n) is 24.5. The molecular formula is C84H124N4O17S3. The van der Waals surface area contributed by atoms with Crippen molar-refractivity contribution in [2.45, 2.75) is 324 Å². The Morgan fingerprint density at radius 2 is 0.991 bits per heavy atom. The first-order chi connectivity index (χ1) is 50.3. The Labute approximate surface area is 651 Å². The number of fused-ring (bicyclic) bond motifs is 4. The van der Waals surface area contributed by atoms with Crippen molar-refractivity contribution in [3.05, 3.63) is 84.7 Å². The lowest BCUT2D eigenvalue weighted by Crippen LogP contribution is -2.47. The molecule has 1 aromatic carbocycles. The van der Waals surface area contributed by atoms with Crippen LogP contribution in [0.2, 0.25) is 0 Å². The highest BCUT2D eigenvalue weighted by atomic mass is 32.1. The molecule has 0 bridgehead atoms. The highest BCUT2D eigenvalue weighted by molar-refractivity contribution is 7.18. The van der Waals surface area contributed by atoms with Gasteiger partial charge in [0.15, 0.2) is 0 Å². The Kier molecular flexibility index (Phi) is 29.6. The topological polar surface area (TPSA) is 331 Å². The van der Waals surface area contributed by atoms with Crippen molar-refractivity contribution in [1.82, 2.24) is 20.3 Å². The normalized spacial score (nSPS) is 36.6. The van der Waals surface area contributed by atoms with Gasteiger partial charge in [0, 0.05) is 47.8 Å². The number of allylic oxidation sites excluding steroid dienone is 1. The quantitative estimate of drug-likeness (QED) is 0.0513. The minimum atomic E-state index is -1.27. The zero-order chi connectivity index (χ0) is 80.1. The van der Waals surface area contributed by atoms with E-state index >= 15 is 0 Å². The molecule has 4 aromatic rings. The Balaban J connectivity index is 0.000000204. The number of thiazole rings is 3. The third-order valence-corrected chi connectivity index (χ3v) is 27.1. The van der Waals surface area contributed by atoms with E-state index < -0.39 is 94.8 Å². The van der Waals surface area contributed by atoms with E-state index in [0.29, 0.717) is 25.7 Å². The minimum absolute atomic E-state index is 0.0170. The molecule has 7 N–H and O–H groups in total. The molecule has 6 aliphatic rings. The number of carbonyl (C=O) groups is 6. The summed E-state index contributed by atoms with van der Waals surface area (Å²) in [5, 5.41) is 75.6. The molecule has 6 fully saturated rings. The number of cyclic esters (lactones) is 2. The fourth-order valence-corrected chi connectivity index (χ4v) is 17.9. The number of hydrogen-bond donors (Lipinski definition) is 7. The van der Waals surface area contributed by atoms with Gasteiger partial charge in [0.05, 0.1) is 150 Å². The van der Waals surface area contributed by atoms with Crippen molar-refractivity contribution in [2.24, 2.45) is 51.8 Å². The van der Waals surface area contributed by atoms with Crippen LogP contribution >= 0.6 is 34.0 Å². The van der Waals surface area contributed by atoms with Crippen LogP contribution in [0.25, 0.3) is 22.4 Å². The van der Waals surface area contributed by atoms with Crippen LogP contribution in [-0.4, -0.2) is 165 Å². The van der Waals surface area contributed by atoms with Gasteiger partial charge in [0.1, 0.15) is 29.6 Å². The van der Waals surface area contributed by atoms with Gasteiger partial charge < -0.3 is 59.6 Å². The zero-order valence-corrected chi connectivity index (χ0v) is 69.7. The molecule has 9 heterocycles.